The summed E-state index contributed by atoms with van der Waals surface area (Å²) in [5, 5.41) is 5.63. The van der Waals surface area contributed by atoms with Gasteiger partial charge in [-0.15, -0.1) is 23.7 Å². The van der Waals surface area contributed by atoms with Gasteiger partial charge in [0.15, 0.2) is 5.54 Å². The number of carbonyl (C=O) groups excluding carboxylic acids is 2. The Kier molecular flexibility index (Phi) is 3.75. The van der Waals surface area contributed by atoms with Crippen molar-refractivity contribution in [3.05, 3.63) is 15.6 Å². The van der Waals surface area contributed by atoms with Gasteiger partial charge in [-0.2, -0.15) is 0 Å². The van der Waals surface area contributed by atoms with E-state index in [-0.39, 0.29) is 19.0 Å². The SMILES string of the molecule is Cc1nc(C)c([C@]2(CN)NC(=O)NC2=O)s1.Cl. The molecule has 2 heterocycles. The van der Waals surface area contributed by atoms with Crippen molar-refractivity contribution in [3.63, 3.8) is 0 Å². The van der Waals surface area contributed by atoms with Crippen LogP contribution in [0.15, 0.2) is 0 Å². The van der Waals surface area contributed by atoms with Crippen LogP contribution in [0.1, 0.15) is 15.6 Å². The first-order valence-corrected chi connectivity index (χ1v) is 5.59. The number of halogens is 1. The van der Waals surface area contributed by atoms with Crippen molar-refractivity contribution in [1.82, 2.24) is 15.6 Å². The predicted molar refractivity (Wildman–Crippen MR) is 66.2 cm³/mol. The van der Waals surface area contributed by atoms with Gasteiger partial charge in [-0.1, -0.05) is 0 Å². The molecule has 1 aromatic heterocycles. The lowest BCUT2D eigenvalue weighted by Gasteiger charge is -2.22. The van der Waals surface area contributed by atoms with Crippen LogP contribution >= 0.6 is 23.7 Å². The van der Waals surface area contributed by atoms with Crippen LogP contribution in [-0.2, 0) is 10.3 Å². The standard InChI is InChI=1S/C9H12N4O2S.ClH/c1-4-6(16-5(2)11-4)9(3-10)7(14)12-8(15)13-9;/h3,10H2,1-2H3,(H2,12,13,14,15);1H/t9-;/m0./s1. The zero-order chi connectivity index (χ0) is 11.9. The van der Waals surface area contributed by atoms with E-state index < -0.39 is 17.5 Å². The number of nitrogens with two attached hydrogens (primary N) is 1. The number of hydrogen-bond acceptors (Lipinski definition) is 5. The Morgan fingerprint density at radius 3 is 2.41 bits per heavy atom. The van der Waals surface area contributed by atoms with Gasteiger partial charge in [0, 0.05) is 6.54 Å². The molecule has 1 fully saturated rings. The minimum absolute atomic E-state index is 0. The molecular weight excluding hydrogens is 264 g/mol. The highest BCUT2D eigenvalue weighted by Crippen LogP contribution is 2.31. The summed E-state index contributed by atoms with van der Waals surface area (Å²) in [4.78, 5) is 28.0. The van der Waals surface area contributed by atoms with Gasteiger partial charge in [0.2, 0.25) is 0 Å². The monoisotopic (exact) mass is 276 g/mol. The van der Waals surface area contributed by atoms with E-state index in [0.29, 0.717) is 4.88 Å². The summed E-state index contributed by atoms with van der Waals surface area (Å²) in [6.07, 6.45) is 0. The Bertz CT molecular complexity index is 476. The Morgan fingerprint density at radius 2 is 2.06 bits per heavy atom. The Labute approximate surface area is 108 Å². The lowest BCUT2D eigenvalue weighted by molar-refractivity contribution is -0.123. The molecule has 2 rings (SSSR count). The van der Waals surface area contributed by atoms with Crippen LogP contribution in [-0.4, -0.2) is 23.5 Å². The van der Waals surface area contributed by atoms with Gasteiger partial charge in [-0.25, -0.2) is 9.78 Å². The largest absolute Gasteiger partial charge is 0.327 e. The van der Waals surface area contributed by atoms with Crippen LogP contribution < -0.4 is 16.4 Å². The second kappa shape index (κ2) is 4.59. The second-order valence-electron chi connectivity index (χ2n) is 3.67. The summed E-state index contributed by atoms with van der Waals surface area (Å²) >= 11 is 1.37. The molecule has 1 aromatic rings. The van der Waals surface area contributed by atoms with Gasteiger partial charge in [0.25, 0.3) is 5.91 Å². The van der Waals surface area contributed by atoms with Crippen LogP contribution in [0.25, 0.3) is 0 Å². The summed E-state index contributed by atoms with van der Waals surface area (Å²) < 4.78 is 0. The smallest absolute Gasteiger partial charge is 0.322 e. The molecule has 1 aliphatic rings. The number of aromatic nitrogens is 1. The van der Waals surface area contributed by atoms with Crippen molar-refractivity contribution in [2.45, 2.75) is 19.4 Å². The van der Waals surface area contributed by atoms with Gasteiger partial charge in [-0.05, 0) is 13.8 Å². The zero-order valence-corrected chi connectivity index (χ0v) is 11.0. The molecular formula is C9H13ClN4O2S. The van der Waals surface area contributed by atoms with Gasteiger partial charge >= 0.3 is 6.03 Å². The van der Waals surface area contributed by atoms with E-state index in [2.05, 4.69) is 15.6 Å². The number of nitrogens with one attached hydrogen (secondary N) is 2. The molecule has 1 atom stereocenters. The van der Waals surface area contributed by atoms with E-state index in [1.165, 1.54) is 11.3 Å². The molecule has 3 amide bonds. The number of aryl methyl sites for hydroxylation is 2. The molecule has 94 valence electrons. The number of rotatable bonds is 2. The molecule has 0 bridgehead atoms. The highest BCUT2D eigenvalue weighted by molar-refractivity contribution is 7.12. The minimum atomic E-state index is -1.15. The maximum absolute atomic E-state index is 11.8. The van der Waals surface area contributed by atoms with Crippen LogP contribution in [0.3, 0.4) is 0 Å². The van der Waals surface area contributed by atoms with Crippen molar-refractivity contribution in [1.29, 1.82) is 0 Å². The van der Waals surface area contributed by atoms with E-state index in [1.807, 2.05) is 6.92 Å². The third-order valence-electron chi connectivity index (χ3n) is 2.54. The quantitative estimate of drug-likeness (QED) is 0.671. The lowest BCUT2D eigenvalue weighted by atomic mass is 9.97. The van der Waals surface area contributed by atoms with Gasteiger partial charge < -0.3 is 11.1 Å². The second-order valence-corrected chi connectivity index (χ2v) is 4.87. The number of hydrogen-bond donors (Lipinski definition) is 3. The number of nitrogens with zero attached hydrogens (tertiary/aromatic N) is 1. The van der Waals surface area contributed by atoms with E-state index in [4.69, 9.17) is 5.73 Å². The normalized spacial score (nSPS) is 23.0. The average Bonchev–Trinajstić information content (AvgIpc) is 2.67. The topological polar surface area (TPSA) is 97.1 Å². The fraction of sp³-hybridized carbons (Fsp3) is 0.444. The van der Waals surface area contributed by atoms with Crippen molar-refractivity contribution in [2.75, 3.05) is 6.54 Å². The summed E-state index contributed by atoms with van der Waals surface area (Å²) in [5.74, 6) is -0.410. The third-order valence-corrected chi connectivity index (χ3v) is 3.77. The molecule has 0 aliphatic carbocycles. The fourth-order valence-corrected chi connectivity index (χ4v) is 2.89. The molecule has 0 spiro atoms. The molecule has 1 aliphatic heterocycles. The van der Waals surface area contributed by atoms with Crippen LogP contribution in [0.5, 0.6) is 0 Å². The van der Waals surface area contributed by atoms with E-state index in [9.17, 15) is 9.59 Å². The number of thiazole rings is 1. The molecule has 0 radical (unpaired) electrons. The predicted octanol–water partition coefficient (Wildman–Crippen LogP) is 0.175. The van der Waals surface area contributed by atoms with Crippen LogP contribution in [0.2, 0.25) is 0 Å². The molecule has 0 aromatic carbocycles. The number of amides is 3. The Balaban J connectivity index is 0.00000144. The van der Waals surface area contributed by atoms with Crippen molar-refractivity contribution >= 4 is 35.7 Å². The number of urea groups is 1. The third kappa shape index (κ3) is 2.01. The van der Waals surface area contributed by atoms with Crippen molar-refractivity contribution < 1.29 is 9.59 Å². The molecule has 6 nitrogen and oxygen atoms in total. The summed E-state index contributed by atoms with van der Waals surface area (Å²) in [5.41, 5.74) is 5.22. The fourth-order valence-electron chi connectivity index (χ4n) is 1.82. The van der Waals surface area contributed by atoms with Gasteiger partial charge in [0.1, 0.15) is 0 Å². The zero-order valence-electron chi connectivity index (χ0n) is 9.36. The summed E-state index contributed by atoms with van der Waals surface area (Å²) in [7, 11) is 0. The molecule has 0 unspecified atom stereocenters. The minimum Gasteiger partial charge on any atom is -0.327 e. The van der Waals surface area contributed by atoms with Crippen LogP contribution in [0.4, 0.5) is 4.79 Å². The molecule has 17 heavy (non-hydrogen) atoms. The average molecular weight is 277 g/mol. The molecule has 1 saturated heterocycles. The summed E-state index contributed by atoms with van der Waals surface area (Å²) in [6.45, 7) is 3.67. The number of imide groups is 1. The number of carbonyl (C=O) groups is 2. The first-order chi connectivity index (χ1) is 7.49. The first kappa shape index (κ1) is 13.9. The van der Waals surface area contributed by atoms with E-state index in [0.717, 1.165) is 10.7 Å². The highest BCUT2D eigenvalue weighted by atomic mass is 35.5. The van der Waals surface area contributed by atoms with Gasteiger partial charge in [0.05, 0.1) is 15.6 Å². The van der Waals surface area contributed by atoms with E-state index >= 15 is 0 Å². The van der Waals surface area contributed by atoms with Crippen LogP contribution in [0, 0.1) is 13.8 Å². The van der Waals surface area contributed by atoms with Crippen molar-refractivity contribution in [2.24, 2.45) is 5.73 Å². The Hall–Kier alpha value is -1.18. The van der Waals surface area contributed by atoms with E-state index in [1.54, 1.807) is 6.92 Å². The Morgan fingerprint density at radius 1 is 1.41 bits per heavy atom. The van der Waals surface area contributed by atoms with Gasteiger partial charge in [-0.3, -0.25) is 10.1 Å². The van der Waals surface area contributed by atoms with Crippen molar-refractivity contribution in [3.8, 4) is 0 Å². The first-order valence-electron chi connectivity index (χ1n) is 4.78. The molecule has 8 heteroatoms. The highest BCUT2D eigenvalue weighted by Gasteiger charge is 2.48. The summed E-state index contributed by atoms with van der Waals surface area (Å²) in [6, 6.07) is -0.513. The maximum atomic E-state index is 11.8. The molecule has 0 saturated carbocycles. The lowest BCUT2D eigenvalue weighted by Crippen LogP contribution is -2.49. The maximum Gasteiger partial charge on any atom is 0.322 e. The molecule has 4 N–H and O–H groups in total.